The van der Waals surface area contributed by atoms with Gasteiger partial charge in [-0.05, 0) is 13.8 Å². The van der Waals surface area contributed by atoms with Crippen molar-refractivity contribution in [3.8, 4) is 11.3 Å². The zero-order valence-electron chi connectivity index (χ0n) is 12.5. The van der Waals surface area contributed by atoms with Crippen LogP contribution in [0.5, 0.6) is 0 Å². The van der Waals surface area contributed by atoms with Crippen LogP contribution in [-0.2, 0) is 0 Å². The van der Waals surface area contributed by atoms with E-state index in [9.17, 15) is 14.4 Å². The number of rotatable bonds is 2. The van der Waals surface area contributed by atoms with Crippen LogP contribution in [0.25, 0.3) is 11.3 Å². The van der Waals surface area contributed by atoms with Gasteiger partial charge in [-0.3, -0.25) is 14.4 Å². The molecular weight excluding hydrogens is 280 g/mol. The topological polar surface area (TPSA) is 64.3 Å². The molecule has 0 saturated carbocycles. The molecule has 0 unspecified atom stereocenters. The van der Waals surface area contributed by atoms with Crippen molar-refractivity contribution in [1.82, 2.24) is 0 Å². The summed E-state index contributed by atoms with van der Waals surface area (Å²) < 4.78 is 5.63. The van der Waals surface area contributed by atoms with E-state index in [0.717, 1.165) is 0 Å². The third-order valence-corrected chi connectivity index (χ3v) is 3.96. The molecule has 0 bridgehead atoms. The molecule has 0 amide bonds. The second kappa shape index (κ2) is 4.91. The van der Waals surface area contributed by atoms with Gasteiger partial charge in [0.2, 0.25) is 0 Å². The number of fused-ring (bicyclic) bond motifs is 1. The lowest BCUT2D eigenvalue weighted by atomic mass is 9.84. The van der Waals surface area contributed by atoms with Crippen LogP contribution in [-0.4, -0.2) is 17.3 Å². The van der Waals surface area contributed by atoms with E-state index >= 15 is 0 Å². The first-order valence-corrected chi connectivity index (χ1v) is 6.93. The number of Topliss-reactive ketones (excluding diaryl/α,β-unsaturated/α-hetero) is 3. The second-order valence-corrected chi connectivity index (χ2v) is 5.34. The first-order valence-electron chi connectivity index (χ1n) is 6.93. The first-order chi connectivity index (χ1) is 10.4. The molecule has 22 heavy (non-hydrogen) atoms. The van der Waals surface area contributed by atoms with E-state index in [-0.39, 0.29) is 40.0 Å². The van der Waals surface area contributed by atoms with Crippen LogP contribution >= 0.6 is 0 Å². The van der Waals surface area contributed by atoms with Crippen molar-refractivity contribution in [3.05, 3.63) is 58.4 Å². The minimum atomic E-state index is -0.369. The van der Waals surface area contributed by atoms with Gasteiger partial charge in [-0.2, -0.15) is 0 Å². The van der Waals surface area contributed by atoms with Gasteiger partial charge in [0.15, 0.2) is 23.1 Å². The van der Waals surface area contributed by atoms with Crippen LogP contribution in [0.4, 0.5) is 0 Å². The smallest absolute Gasteiger partial charge is 0.195 e. The average molecular weight is 294 g/mol. The molecule has 0 fully saturated rings. The van der Waals surface area contributed by atoms with E-state index in [1.165, 1.54) is 6.92 Å². The quantitative estimate of drug-likeness (QED) is 0.789. The van der Waals surface area contributed by atoms with E-state index < -0.39 is 0 Å². The number of hydrogen-bond acceptors (Lipinski definition) is 4. The Hall–Kier alpha value is -2.75. The molecule has 0 atom stereocenters. The summed E-state index contributed by atoms with van der Waals surface area (Å²) in [4.78, 5) is 37.0. The van der Waals surface area contributed by atoms with Crippen molar-refractivity contribution in [2.45, 2.75) is 20.8 Å². The lowest BCUT2D eigenvalue weighted by Gasteiger charge is -2.14. The van der Waals surface area contributed by atoms with Gasteiger partial charge in [-0.15, -0.1) is 0 Å². The molecule has 4 nitrogen and oxygen atoms in total. The molecule has 3 rings (SSSR count). The largest absolute Gasteiger partial charge is 0.451 e. The summed E-state index contributed by atoms with van der Waals surface area (Å²) in [7, 11) is 0. The highest BCUT2D eigenvalue weighted by Crippen LogP contribution is 2.38. The van der Waals surface area contributed by atoms with E-state index in [4.69, 9.17) is 4.42 Å². The highest BCUT2D eigenvalue weighted by molar-refractivity contribution is 6.30. The monoisotopic (exact) mass is 294 g/mol. The third kappa shape index (κ3) is 1.88. The molecule has 0 radical (unpaired) electrons. The molecule has 4 heteroatoms. The van der Waals surface area contributed by atoms with Gasteiger partial charge < -0.3 is 4.42 Å². The van der Waals surface area contributed by atoms with E-state index in [2.05, 4.69) is 0 Å². The molecule has 1 aliphatic rings. The van der Waals surface area contributed by atoms with Gasteiger partial charge >= 0.3 is 0 Å². The average Bonchev–Trinajstić information content (AvgIpc) is 2.92. The van der Waals surface area contributed by atoms with Crippen molar-refractivity contribution in [2.75, 3.05) is 0 Å². The fraction of sp³-hybridized carbons (Fsp3) is 0.167. The Morgan fingerprint density at radius 1 is 0.909 bits per heavy atom. The number of carbonyl (C=O) groups excluding carboxylic acids is 3. The minimum Gasteiger partial charge on any atom is -0.451 e. The summed E-state index contributed by atoms with van der Waals surface area (Å²) in [6.07, 6.45) is 0. The first kappa shape index (κ1) is 14.2. The molecule has 110 valence electrons. The Morgan fingerprint density at radius 3 is 2.00 bits per heavy atom. The zero-order chi connectivity index (χ0) is 16.0. The molecule has 0 saturated heterocycles. The molecular formula is C18H14O4. The van der Waals surface area contributed by atoms with Crippen LogP contribution in [0.15, 0.2) is 45.9 Å². The van der Waals surface area contributed by atoms with Crippen molar-refractivity contribution in [3.63, 3.8) is 0 Å². The Balaban J connectivity index is 2.37. The number of allylic oxidation sites excluding steroid dienone is 2. The highest BCUT2D eigenvalue weighted by atomic mass is 16.4. The predicted molar refractivity (Wildman–Crippen MR) is 81.2 cm³/mol. The lowest BCUT2D eigenvalue weighted by molar-refractivity contribution is 0.0957. The van der Waals surface area contributed by atoms with Gasteiger partial charge in [0, 0.05) is 23.6 Å². The summed E-state index contributed by atoms with van der Waals surface area (Å²) >= 11 is 0. The minimum absolute atomic E-state index is 0.0425. The van der Waals surface area contributed by atoms with Crippen LogP contribution in [0.2, 0.25) is 0 Å². The van der Waals surface area contributed by atoms with E-state index in [1.807, 2.05) is 6.07 Å². The Morgan fingerprint density at radius 2 is 1.45 bits per heavy atom. The summed E-state index contributed by atoms with van der Waals surface area (Å²) in [6.45, 7) is 4.54. The molecule has 1 aromatic carbocycles. The van der Waals surface area contributed by atoms with Gasteiger partial charge in [-0.1, -0.05) is 30.3 Å². The van der Waals surface area contributed by atoms with Crippen molar-refractivity contribution < 1.29 is 18.8 Å². The highest BCUT2D eigenvalue weighted by Gasteiger charge is 2.37. The fourth-order valence-corrected chi connectivity index (χ4v) is 2.62. The normalized spacial score (nSPS) is 14.3. The molecule has 1 heterocycles. The SMILES string of the molecule is CC(=O)c1oc(-c2ccccc2)c2c1C(=O)C(C)=C(C)C2=O. The second-order valence-electron chi connectivity index (χ2n) is 5.34. The van der Waals surface area contributed by atoms with Crippen molar-refractivity contribution in [1.29, 1.82) is 0 Å². The van der Waals surface area contributed by atoms with Gasteiger partial charge in [-0.25, -0.2) is 0 Å². The van der Waals surface area contributed by atoms with Crippen LogP contribution in [0, 0.1) is 0 Å². The standard InChI is InChI=1S/C18H14O4/c1-9-10(2)16(21)14-13(15(9)20)17(11(3)19)22-18(14)12-7-5-4-6-8-12/h4-8H,1-3H3. The van der Waals surface area contributed by atoms with Gasteiger partial charge in [0.25, 0.3) is 0 Å². The number of hydrogen-bond donors (Lipinski definition) is 0. The predicted octanol–water partition coefficient (Wildman–Crippen LogP) is 3.86. The van der Waals surface area contributed by atoms with E-state index in [1.54, 1.807) is 38.1 Å². The molecule has 0 spiro atoms. The maximum Gasteiger partial charge on any atom is 0.195 e. The Labute approximate surface area is 127 Å². The molecule has 0 aliphatic heterocycles. The third-order valence-electron chi connectivity index (χ3n) is 3.96. The molecule has 1 aromatic heterocycles. The zero-order valence-corrected chi connectivity index (χ0v) is 12.5. The maximum absolute atomic E-state index is 12.6. The molecule has 1 aliphatic carbocycles. The van der Waals surface area contributed by atoms with Gasteiger partial charge in [0.05, 0.1) is 11.1 Å². The van der Waals surface area contributed by atoms with Gasteiger partial charge in [0.1, 0.15) is 5.76 Å². The number of carbonyl (C=O) groups is 3. The summed E-state index contributed by atoms with van der Waals surface area (Å²) in [6, 6.07) is 9.01. The summed E-state index contributed by atoms with van der Waals surface area (Å²) in [5.41, 5.74) is 1.72. The molecule has 0 N–H and O–H groups in total. The van der Waals surface area contributed by atoms with Crippen molar-refractivity contribution >= 4 is 17.3 Å². The van der Waals surface area contributed by atoms with E-state index in [0.29, 0.717) is 16.7 Å². The lowest BCUT2D eigenvalue weighted by Crippen LogP contribution is -2.20. The maximum atomic E-state index is 12.6. The number of furan rings is 1. The summed E-state index contributed by atoms with van der Waals surface area (Å²) in [5, 5.41) is 0. The van der Waals surface area contributed by atoms with Crippen LogP contribution < -0.4 is 0 Å². The Bertz CT molecular complexity index is 851. The van der Waals surface area contributed by atoms with Crippen molar-refractivity contribution in [2.24, 2.45) is 0 Å². The van der Waals surface area contributed by atoms with Crippen LogP contribution in [0.1, 0.15) is 52.0 Å². The molecule has 2 aromatic rings. The summed E-state index contributed by atoms with van der Waals surface area (Å²) in [5.74, 6) is -0.706. The number of benzene rings is 1. The van der Waals surface area contributed by atoms with Crippen LogP contribution in [0.3, 0.4) is 0 Å². The number of ketones is 3. The Kier molecular flexibility index (Phi) is 3.17. The fourth-order valence-electron chi connectivity index (χ4n) is 2.62.